The van der Waals surface area contributed by atoms with Crippen LogP contribution in [0.5, 0.6) is 5.75 Å². The number of halogens is 1. The monoisotopic (exact) mass is 390 g/mol. The molecule has 4 nitrogen and oxygen atoms in total. The van der Waals surface area contributed by atoms with Crippen LogP contribution < -0.4 is 10.5 Å². The number of ether oxygens (including phenoxy) is 1. The Hall–Kier alpha value is -2.04. The highest BCUT2D eigenvalue weighted by atomic mass is 35.5. The molecule has 0 bridgehead atoms. The zero-order valence-electron chi connectivity index (χ0n) is 16.6. The molecule has 27 heavy (non-hydrogen) atoms. The van der Waals surface area contributed by atoms with Gasteiger partial charge < -0.3 is 15.4 Å². The summed E-state index contributed by atoms with van der Waals surface area (Å²) in [7, 11) is 1.68. The quantitative estimate of drug-likeness (QED) is 0.739. The maximum Gasteiger partial charge on any atom is 0.227 e. The Morgan fingerprint density at radius 2 is 1.63 bits per heavy atom. The molecule has 2 rings (SSSR count). The van der Waals surface area contributed by atoms with E-state index in [2.05, 4.69) is 13.0 Å². The number of hydrogen-bond donors (Lipinski definition) is 1. The molecule has 0 saturated heterocycles. The van der Waals surface area contributed by atoms with E-state index in [1.165, 1.54) is 0 Å². The van der Waals surface area contributed by atoms with Crippen molar-refractivity contribution in [1.29, 1.82) is 0 Å². The second-order valence-electron chi connectivity index (χ2n) is 6.96. The maximum absolute atomic E-state index is 13.1. The fourth-order valence-corrected chi connectivity index (χ4v) is 3.02. The molecule has 0 radical (unpaired) electrons. The lowest BCUT2D eigenvalue weighted by Gasteiger charge is -2.33. The number of methoxy groups -OCH3 is 1. The van der Waals surface area contributed by atoms with E-state index in [1.54, 1.807) is 7.11 Å². The fraction of sp³-hybridized carbons (Fsp3) is 0.409. The van der Waals surface area contributed by atoms with Gasteiger partial charge in [0, 0.05) is 18.6 Å². The number of hydrogen-bond acceptors (Lipinski definition) is 3. The van der Waals surface area contributed by atoms with Gasteiger partial charge in [-0.25, -0.2) is 0 Å². The Balaban J connectivity index is 0.00000364. The Morgan fingerprint density at radius 3 is 2.22 bits per heavy atom. The molecule has 148 valence electrons. The van der Waals surface area contributed by atoms with Crippen LogP contribution in [0, 0.1) is 5.92 Å². The lowest BCUT2D eigenvalue weighted by atomic mass is 9.98. The van der Waals surface area contributed by atoms with Gasteiger partial charge >= 0.3 is 0 Å². The van der Waals surface area contributed by atoms with E-state index in [0.29, 0.717) is 6.54 Å². The minimum absolute atomic E-state index is 0. The molecule has 3 atom stereocenters. The van der Waals surface area contributed by atoms with E-state index in [4.69, 9.17) is 10.5 Å². The van der Waals surface area contributed by atoms with Gasteiger partial charge in [0.25, 0.3) is 0 Å². The third-order valence-corrected chi connectivity index (χ3v) is 4.90. The van der Waals surface area contributed by atoms with Crippen LogP contribution in [0.2, 0.25) is 0 Å². The highest BCUT2D eigenvalue weighted by Crippen LogP contribution is 2.23. The zero-order chi connectivity index (χ0) is 19.1. The molecule has 0 spiro atoms. The molecule has 0 aliphatic rings. The summed E-state index contributed by atoms with van der Waals surface area (Å²) < 4.78 is 5.47. The average molecular weight is 391 g/mol. The van der Waals surface area contributed by atoms with Crippen molar-refractivity contribution in [1.82, 2.24) is 4.90 Å². The van der Waals surface area contributed by atoms with E-state index in [1.807, 2.05) is 67.3 Å². The molecular formula is C22H31ClN2O2. The molecular weight excluding hydrogens is 360 g/mol. The molecule has 0 heterocycles. The second kappa shape index (κ2) is 11.0. The number of benzene rings is 2. The van der Waals surface area contributed by atoms with Crippen LogP contribution in [0.15, 0.2) is 54.6 Å². The van der Waals surface area contributed by atoms with E-state index in [0.717, 1.165) is 23.3 Å². The zero-order valence-corrected chi connectivity index (χ0v) is 17.4. The van der Waals surface area contributed by atoms with E-state index >= 15 is 0 Å². The predicted molar refractivity (Wildman–Crippen MR) is 113 cm³/mol. The summed E-state index contributed by atoms with van der Waals surface area (Å²) >= 11 is 0. The summed E-state index contributed by atoms with van der Waals surface area (Å²) in [6.07, 6.45) is 0.730. The van der Waals surface area contributed by atoms with E-state index in [-0.39, 0.29) is 36.3 Å². The smallest absolute Gasteiger partial charge is 0.227 e. The van der Waals surface area contributed by atoms with Crippen LogP contribution in [0.25, 0.3) is 0 Å². The Kier molecular flexibility index (Phi) is 9.33. The highest BCUT2D eigenvalue weighted by Gasteiger charge is 2.27. The molecule has 2 aromatic carbocycles. The molecule has 0 aliphatic heterocycles. The van der Waals surface area contributed by atoms with Crippen LogP contribution in [0.3, 0.4) is 0 Å². The SMILES string of the molecule is COc1ccccc1CC(C)N(Cc1ccccc1)C(=O)C(C)C(C)N.Cl. The van der Waals surface area contributed by atoms with Gasteiger partial charge in [-0.05, 0) is 37.5 Å². The number of carbonyl (C=O) groups is 1. The lowest BCUT2D eigenvalue weighted by molar-refractivity contribution is -0.138. The van der Waals surface area contributed by atoms with Crippen molar-refractivity contribution >= 4 is 18.3 Å². The normalized spacial score (nSPS) is 13.8. The summed E-state index contributed by atoms with van der Waals surface area (Å²) in [6.45, 7) is 6.45. The van der Waals surface area contributed by atoms with Crippen molar-refractivity contribution in [3.63, 3.8) is 0 Å². The van der Waals surface area contributed by atoms with Crippen molar-refractivity contribution in [2.24, 2.45) is 11.7 Å². The first-order chi connectivity index (χ1) is 12.4. The third kappa shape index (κ3) is 6.26. The molecule has 2 N–H and O–H groups in total. The van der Waals surface area contributed by atoms with Gasteiger partial charge in [-0.1, -0.05) is 55.5 Å². The number of para-hydroxylation sites is 1. The van der Waals surface area contributed by atoms with Crippen molar-refractivity contribution < 1.29 is 9.53 Å². The first-order valence-corrected chi connectivity index (χ1v) is 9.16. The van der Waals surface area contributed by atoms with E-state index < -0.39 is 0 Å². The summed E-state index contributed by atoms with van der Waals surface area (Å²) in [5.74, 6) is 0.719. The van der Waals surface area contributed by atoms with Crippen molar-refractivity contribution in [3.8, 4) is 5.75 Å². The number of nitrogens with two attached hydrogens (primary N) is 1. The van der Waals surface area contributed by atoms with Gasteiger partial charge in [0.1, 0.15) is 5.75 Å². The maximum atomic E-state index is 13.1. The Morgan fingerprint density at radius 1 is 1.04 bits per heavy atom. The average Bonchev–Trinajstić information content (AvgIpc) is 2.66. The van der Waals surface area contributed by atoms with Crippen LogP contribution in [0.1, 0.15) is 31.9 Å². The first-order valence-electron chi connectivity index (χ1n) is 9.16. The molecule has 0 fully saturated rings. The molecule has 5 heteroatoms. The lowest BCUT2D eigenvalue weighted by Crippen LogP contribution is -2.46. The summed E-state index contributed by atoms with van der Waals surface area (Å²) in [5, 5.41) is 0. The number of rotatable bonds is 8. The standard InChI is InChI=1S/C22H30N2O2.ClH/c1-16(14-20-12-8-9-13-21(20)26-4)24(22(25)17(2)18(3)23)15-19-10-6-5-7-11-19;/h5-13,16-18H,14-15,23H2,1-4H3;1H. The Bertz CT molecular complexity index is 706. The van der Waals surface area contributed by atoms with Crippen LogP contribution in [-0.4, -0.2) is 30.0 Å². The van der Waals surface area contributed by atoms with Crippen molar-refractivity contribution in [2.45, 2.75) is 45.8 Å². The van der Waals surface area contributed by atoms with Gasteiger partial charge in [-0.2, -0.15) is 0 Å². The first kappa shape index (κ1) is 23.0. The van der Waals surface area contributed by atoms with Crippen LogP contribution >= 0.6 is 12.4 Å². The largest absolute Gasteiger partial charge is 0.496 e. The predicted octanol–water partition coefficient (Wildman–Crippen LogP) is 4.06. The van der Waals surface area contributed by atoms with Gasteiger partial charge in [0.15, 0.2) is 0 Å². The summed E-state index contributed by atoms with van der Waals surface area (Å²) in [6, 6.07) is 17.9. The number of nitrogens with zero attached hydrogens (tertiary/aromatic N) is 1. The number of carbonyl (C=O) groups excluding carboxylic acids is 1. The third-order valence-electron chi connectivity index (χ3n) is 4.90. The minimum atomic E-state index is -0.223. The van der Waals surface area contributed by atoms with Gasteiger partial charge in [0.05, 0.1) is 13.0 Å². The summed E-state index contributed by atoms with van der Waals surface area (Å²) in [4.78, 5) is 15.0. The molecule has 1 amide bonds. The fourth-order valence-electron chi connectivity index (χ4n) is 3.02. The topological polar surface area (TPSA) is 55.6 Å². The molecule has 0 aliphatic carbocycles. The van der Waals surface area contributed by atoms with Gasteiger partial charge in [0.2, 0.25) is 5.91 Å². The molecule has 2 aromatic rings. The van der Waals surface area contributed by atoms with Gasteiger partial charge in [-0.15, -0.1) is 12.4 Å². The van der Waals surface area contributed by atoms with Gasteiger partial charge in [-0.3, -0.25) is 4.79 Å². The van der Waals surface area contributed by atoms with Crippen LogP contribution in [0.4, 0.5) is 0 Å². The highest BCUT2D eigenvalue weighted by molar-refractivity contribution is 5.85. The minimum Gasteiger partial charge on any atom is -0.496 e. The molecule has 3 unspecified atom stereocenters. The van der Waals surface area contributed by atoms with Crippen molar-refractivity contribution in [3.05, 3.63) is 65.7 Å². The Labute approximate surface area is 169 Å². The van der Waals surface area contributed by atoms with E-state index in [9.17, 15) is 4.79 Å². The van der Waals surface area contributed by atoms with Crippen molar-refractivity contribution in [2.75, 3.05) is 7.11 Å². The molecule has 0 aromatic heterocycles. The van der Waals surface area contributed by atoms with Crippen LogP contribution in [-0.2, 0) is 17.8 Å². The second-order valence-corrected chi connectivity index (χ2v) is 6.96. The summed E-state index contributed by atoms with van der Waals surface area (Å²) in [5.41, 5.74) is 8.21. The number of amides is 1. The molecule has 0 saturated carbocycles.